The summed E-state index contributed by atoms with van der Waals surface area (Å²) in [4.78, 5) is 38.0. The van der Waals surface area contributed by atoms with Crippen LogP contribution in [0.25, 0.3) is 0 Å². The predicted molar refractivity (Wildman–Crippen MR) is 279 cm³/mol. The predicted octanol–water partition coefficient (Wildman–Crippen LogP) is 17.1. The first-order valence-electron chi connectivity index (χ1n) is 25.8. The molecule has 364 valence electrons. The van der Waals surface area contributed by atoms with E-state index in [1.54, 1.807) is 0 Å². The highest BCUT2D eigenvalue weighted by Crippen LogP contribution is 2.13. The van der Waals surface area contributed by atoms with E-state index in [2.05, 4.69) is 99.8 Å². The molecule has 0 amide bonds. The Labute approximate surface area is 398 Å². The standard InChI is InChI=1S/C59H92O6/c1-4-7-10-13-16-19-22-25-27-28-29-30-32-34-37-40-43-46-49-52-58(61)64-55-56(54-63-57(60)51-48-45-42-39-36-33-24-21-18-15-12-9-6-3)65-59(62)53-50-47-44-41-38-35-31-26-23-20-17-14-11-8-5-2/h7,9-10,12,15-21,23-27,29-30,33,36,39,42,56H,4-6,8,11,13-14,22,28,31-32,34-35,37-38,40-41,43-55H2,1-3H3/b10-7-,12-9-,18-15-,19-16-,20-17-,24-21-,26-23-,27-25-,30-29-,36-33-,42-39-. The average molecular weight is 897 g/mol. The molecule has 0 aliphatic carbocycles. The first-order valence-corrected chi connectivity index (χ1v) is 25.8. The molecule has 6 nitrogen and oxygen atoms in total. The summed E-state index contributed by atoms with van der Waals surface area (Å²) in [5.74, 6) is -1.03. The zero-order valence-electron chi connectivity index (χ0n) is 41.4. The van der Waals surface area contributed by atoms with Crippen LogP contribution in [0, 0.1) is 0 Å². The molecule has 6 heteroatoms. The minimum absolute atomic E-state index is 0.118. The minimum atomic E-state index is -0.824. The van der Waals surface area contributed by atoms with Gasteiger partial charge in [0, 0.05) is 19.3 Å². The maximum absolute atomic E-state index is 12.8. The Morgan fingerprint density at radius 1 is 0.338 bits per heavy atom. The summed E-state index contributed by atoms with van der Waals surface area (Å²) in [6.45, 7) is 6.24. The number of carbonyl (C=O) groups excluding carboxylic acids is 3. The van der Waals surface area contributed by atoms with Crippen LogP contribution < -0.4 is 0 Å². The first-order chi connectivity index (χ1) is 32.0. The Kier molecular flexibility index (Phi) is 48.6. The van der Waals surface area contributed by atoms with Gasteiger partial charge in [-0.2, -0.15) is 0 Å². The Balaban J connectivity index is 4.53. The van der Waals surface area contributed by atoms with Crippen LogP contribution in [0.2, 0.25) is 0 Å². The second kappa shape index (κ2) is 52.2. The molecule has 0 aromatic carbocycles. The van der Waals surface area contributed by atoms with Gasteiger partial charge in [-0.05, 0) is 96.3 Å². The fourth-order valence-electron chi connectivity index (χ4n) is 6.45. The van der Waals surface area contributed by atoms with Crippen molar-refractivity contribution < 1.29 is 28.6 Å². The number of unbranched alkanes of at least 4 members (excludes halogenated alkanes) is 16. The zero-order chi connectivity index (χ0) is 47.2. The van der Waals surface area contributed by atoms with Gasteiger partial charge in [-0.25, -0.2) is 0 Å². The summed E-state index contributed by atoms with van der Waals surface area (Å²) in [7, 11) is 0. The third kappa shape index (κ3) is 50.4. The highest BCUT2D eigenvalue weighted by Gasteiger charge is 2.19. The van der Waals surface area contributed by atoms with Gasteiger partial charge in [0.05, 0.1) is 0 Å². The van der Waals surface area contributed by atoms with Crippen LogP contribution in [-0.4, -0.2) is 37.2 Å². The molecule has 0 aliphatic heterocycles. The topological polar surface area (TPSA) is 78.9 Å². The summed E-state index contributed by atoms with van der Waals surface area (Å²) in [6.07, 6.45) is 72.9. The number of esters is 3. The van der Waals surface area contributed by atoms with Crippen LogP contribution in [0.1, 0.15) is 201 Å². The molecule has 0 radical (unpaired) electrons. The molecular weight excluding hydrogens is 805 g/mol. The largest absolute Gasteiger partial charge is 0.462 e. The number of carbonyl (C=O) groups is 3. The second-order valence-electron chi connectivity index (χ2n) is 16.5. The van der Waals surface area contributed by atoms with Gasteiger partial charge in [0.15, 0.2) is 6.10 Å². The summed E-state index contributed by atoms with van der Waals surface area (Å²) in [5, 5.41) is 0. The molecule has 0 aromatic rings. The normalized spacial score (nSPS) is 13.2. The number of rotatable bonds is 44. The van der Waals surface area contributed by atoms with Crippen LogP contribution in [-0.2, 0) is 28.6 Å². The molecular formula is C59H92O6. The average Bonchev–Trinajstić information content (AvgIpc) is 3.30. The minimum Gasteiger partial charge on any atom is -0.462 e. The van der Waals surface area contributed by atoms with E-state index in [1.165, 1.54) is 44.9 Å². The molecule has 0 bridgehead atoms. The third-order valence-electron chi connectivity index (χ3n) is 10.3. The lowest BCUT2D eigenvalue weighted by atomic mass is 10.1. The smallest absolute Gasteiger partial charge is 0.306 e. The van der Waals surface area contributed by atoms with Crippen molar-refractivity contribution in [1.29, 1.82) is 0 Å². The molecule has 0 aliphatic rings. The van der Waals surface area contributed by atoms with Crippen molar-refractivity contribution in [2.24, 2.45) is 0 Å². The quantitative estimate of drug-likeness (QED) is 0.0199. The van der Waals surface area contributed by atoms with E-state index < -0.39 is 6.10 Å². The Morgan fingerprint density at radius 3 is 1.20 bits per heavy atom. The van der Waals surface area contributed by atoms with Crippen LogP contribution in [0.4, 0.5) is 0 Å². The zero-order valence-corrected chi connectivity index (χ0v) is 41.4. The van der Waals surface area contributed by atoms with Crippen LogP contribution in [0.15, 0.2) is 134 Å². The van der Waals surface area contributed by atoms with Crippen molar-refractivity contribution in [3.05, 3.63) is 134 Å². The fraction of sp³-hybridized carbons (Fsp3) is 0.576. The highest BCUT2D eigenvalue weighted by molar-refractivity contribution is 5.71. The Hall–Kier alpha value is -4.45. The lowest BCUT2D eigenvalue weighted by Crippen LogP contribution is -2.30. The summed E-state index contributed by atoms with van der Waals surface area (Å²) in [6, 6.07) is 0. The van der Waals surface area contributed by atoms with Gasteiger partial charge in [-0.1, -0.05) is 219 Å². The molecule has 1 unspecified atom stereocenters. The van der Waals surface area contributed by atoms with Gasteiger partial charge in [-0.15, -0.1) is 0 Å². The van der Waals surface area contributed by atoms with Gasteiger partial charge < -0.3 is 14.2 Å². The molecule has 0 spiro atoms. The molecule has 0 rings (SSSR count). The van der Waals surface area contributed by atoms with Gasteiger partial charge in [0.2, 0.25) is 0 Å². The van der Waals surface area contributed by atoms with Gasteiger partial charge in [0.1, 0.15) is 13.2 Å². The maximum Gasteiger partial charge on any atom is 0.306 e. The highest BCUT2D eigenvalue weighted by atomic mass is 16.6. The molecule has 0 N–H and O–H groups in total. The number of hydrogen-bond acceptors (Lipinski definition) is 6. The third-order valence-corrected chi connectivity index (χ3v) is 10.3. The summed E-state index contributed by atoms with van der Waals surface area (Å²) >= 11 is 0. The van der Waals surface area contributed by atoms with Crippen molar-refractivity contribution in [2.75, 3.05) is 13.2 Å². The van der Waals surface area contributed by atoms with Crippen LogP contribution in [0.3, 0.4) is 0 Å². The van der Waals surface area contributed by atoms with E-state index in [1.807, 2.05) is 54.7 Å². The van der Waals surface area contributed by atoms with Crippen LogP contribution >= 0.6 is 0 Å². The SMILES string of the molecule is CC\C=C/C=C\C=C/C=C\C=C/CCCC(=O)OCC(COC(=O)CCCCCCCC/C=C\C/C=C\C/C=C\C/C=C\CC)OC(=O)CCCCCCCC/C=C\C=C/CCCCC. The number of ether oxygens (including phenoxy) is 3. The van der Waals surface area contributed by atoms with E-state index in [0.717, 1.165) is 109 Å². The number of hydrogen-bond donors (Lipinski definition) is 0. The molecule has 0 heterocycles. The lowest BCUT2D eigenvalue weighted by molar-refractivity contribution is -0.167. The van der Waals surface area contributed by atoms with Gasteiger partial charge in [-0.3, -0.25) is 14.4 Å². The van der Waals surface area contributed by atoms with Crippen molar-refractivity contribution in [3.63, 3.8) is 0 Å². The van der Waals surface area contributed by atoms with Crippen molar-refractivity contribution in [1.82, 2.24) is 0 Å². The summed E-state index contributed by atoms with van der Waals surface area (Å²) in [5.41, 5.74) is 0. The maximum atomic E-state index is 12.8. The Morgan fingerprint density at radius 2 is 0.692 bits per heavy atom. The molecule has 0 fully saturated rings. The summed E-state index contributed by atoms with van der Waals surface area (Å²) < 4.78 is 16.7. The fourth-order valence-corrected chi connectivity index (χ4v) is 6.45. The molecule has 0 saturated carbocycles. The molecule has 1 atom stereocenters. The lowest BCUT2D eigenvalue weighted by Gasteiger charge is -2.18. The van der Waals surface area contributed by atoms with E-state index in [4.69, 9.17) is 14.2 Å². The molecule has 0 saturated heterocycles. The van der Waals surface area contributed by atoms with Crippen molar-refractivity contribution in [2.45, 2.75) is 207 Å². The number of allylic oxidation sites excluding steroid dienone is 22. The van der Waals surface area contributed by atoms with E-state index in [0.29, 0.717) is 19.3 Å². The van der Waals surface area contributed by atoms with Gasteiger partial charge in [0.25, 0.3) is 0 Å². The van der Waals surface area contributed by atoms with E-state index >= 15 is 0 Å². The van der Waals surface area contributed by atoms with Gasteiger partial charge >= 0.3 is 17.9 Å². The molecule has 0 aromatic heterocycles. The molecule has 65 heavy (non-hydrogen) atoms. The second-order valence-corrected chi connectivity index (χ2v) is 16.5. The first kappa shape index (κ1) is 60.5. The Bertz CT molecular complexity index is 1450. The monoisotopic (exact) mass is 897 g/mol. The van der Waals surface area contributed by atoms with Crippen molar-refractivity contribution in [3.8, 4) is 0 Å². The van der Waals surface area contributed by atoms with E-state index in [-0.39, 0.29) is 37.5 Å². The van der Waals surface area contributed by atoms with E-state index in [9.17, 15) is 14.4 Å². The van der Waals surface area contributed by atoms with Crippen LogP contribution in [0.5, 0.6) is 0 Å². The van der Waals surface area contributed by atoms with Crippen molar-refractivity contribution >= 4 is 17.9 Å².